The molecule has 2 N–H and O–H groups in total. The van der Waals surface area contributed by atoms with Crippen LogP contribution in [0.1, 0.15) is 145 Å². The summed E-state index contributed by atoms with van der Waals surface area (Å²) in [7, 11) is 0. The van der Waals surface area contributed by atoms with Crippen molar-refractivity contribution in [2.45, 2.75) is 145 Å². The minimum atomic E-state index is 0.536. The van der Waals surface area contributed by atoms with Crippen LogP contribution in [0.3, 0.4) is 0 Å². The van der Waals surface area contributed by atoms with E-state index in [9.17, 15) is 0 Å². The SMILES string of the molecule is CC(C)CCCC(C)CCCC(C)CCOc1cc2c(cc1OCCC(C)CCCC(C)CCCC(C)C)-c1nc-2nc2[nH]c(nc3nc(nc4[nH]c(n1)c1ccccc41)-c1ccccc1-3)c1ccccc21. The number of hydrogen-bond donors (Lipinski definition) is 2. The zero-order valence-corrected chi connectivity index (χ0v) is 44.4. The Morgan fingerprint density at radius 1 is 0.347 bits per heavy atom. The van der Waals surface area contributed by atoms with Gasteiger partial charge in [0.25, 0.3) is 0 Å². The van der Waals surface area contributed by atoms with E-state index >= 15 is 0 Å². The summed E-state index contributed by atoms with van der Waals surface area (Å²) in [6.45, 7) is 20.1. The van der Waals surface area contributed by atoms with Gasteiger partial charge in [-0.15, -0.1) is 0 Å². The fraction of sp³-hybridized carbons (Fsp3) is 0.484. The second-order valence-electron chi connectivity index (χ2n) is 22.3. The summed E-state index contributed by atoms with van der Waals surface area (Å²) >= 11 is 0. The molecule has 0 amide bonds. The Balaban J connectivity index is 1.06. The molecule has 10 heteroatoms. The van der Waals surface area contributed by atoms with E-state index in [1.165, 1.54) is 77.0 Å². The largest absolute Gasteiger partial charge is 0.490 e. The summed E-state index contributed by atoms with van der Waals surface area (Å²) in [4.78, 5) is 38.4. The first kappa shape index (κ1) is 50.8. The summed E-state index contributed by atoms with van der Waals surface area (Å²) in [6.07, 6.45) is 17.4. The topological polar surface area (TPSA) is 127 Å². The number of H-pyrrole nitrogens is 2. The van der Waals surface area contributed by atoms with Gasteiger partial charge in [0.15, 0.2) is 34.8 Å². The van der Waals surface area contributed by atoms with Gasteiger partial charge >= 0.3 is 0 Å². The maximum absolute atomic E-state index is 6.81. The molecule has 8 bridgehead atoms. The van der Waals surface area contributed by atoms with Crippen molar-refractivity contribution in [3.63, 3.8) is 0 Å². The minimum Gasteiger partial charge on any atom is -0.490 e. The number of nitrogens with zero attached hydrogens (tertiary/aromatic N) is 6. The number of aromatic amines is 2. The van der Waals surface area contributed by atoms with Gasteiger partial charge in [-0.25, -0.2) is 29.9 Å². The van der Waals surface area contributed by atoms with Crippen LogP contribution in [0.2, 0.25) is 0 Å². The third kappa shape index (κ3) is 12.4. The number of nitrogens with one attached hydrogen (secondary N) is 2. The molecule has 9 rings (SSSR count). The number of fused-ring (bicyclic) bond motifs is 20. The Labute approximate surface area is 427 Å². The van der Waals surface area contributed by atoms with Crippen LogP contribution in [0.4, 0.5) is 0 Å². The second-order valence-corrected chi connectivity index (χ2v) is 22.3. The lowest BCUT2D eigenvalue weighted by Crippen LogP contribution is -2.08. The van der Waals surface area contributed by atoms with Gasteiger partial charge in [0.05, 0.1) is 13.2 Å². The van der Waals surface area contributed by atoms with Gasteiger partial charge in [0.1, 0.15) is 22.6 Å². The van der Waals surface area contributed by atoms with Crippen molar-refractivity contribution in [2.75, 3.05) is 13.2 Å². The standard InChI is InChI=1S/C62H78N8O2/c1-39(2)19-15-21-41(5)23-17-25-43(7)33-35-71-53-37-51-52(38-54(53)72-36-34-44(8)26-18-24-42(6)22-16-20-40(3)4)62-69-60-50-32-14-12-30-48(50)58(67-60)65-56-46-28-10-9-27-45(46)55(63-56)64-57-47-29-11-13-31-49(47)59(66-57)68-61(51)70-62/h9-14,27-32,37-44H,15-26,33-36H2,1-8H3,(H2,63,64,65,66,67,68,69,70). The van der Waals surface area contributed by atoms with Crippen molar-refractivity contribution in [1.29, 1.82) is 0 Å². The van der Waals surface area contributed by atoms with Crippen molar-refractivity contribution < 1.29 is 9.47 Å². The fourth-order valence-corrected chi connectivity index (χ4v) is 10.6. The number of benzene rings is 4. The van der Waals surface area contributed by atoms with E-state index in [0.717, 1.165) is 80.3 Å². The van der Waals surface area contributed by atoms with Gasteiger partial charge in [-0.05, 0) is 60.5 Å². The fourth-order valence-electron chi connectivity index (χ4n) is 10.6. The van der Waals surface area contributed by atoms with Crippen LogP contribution < -0.4 is 9.47 Å². The predicted molar refractivity (Wildman–Crippen MR) is 298 cm³/mol. The number of rotatable bonds is 24. The average molecular weight is 967 g/mol. The van der Waals surface area contributed by atoms with Gasteiger partial charge < -0.3 is 19.4 Å². The van der Waals surface area contributed by atoms with Crippen LogP contribution in [0.5, 0.6) is 11.5 Å². The Hall–Kier alpha value is -6.16. The maximum Gasteiger partial charge on any atom is 0.164 e. The Morgan fingerprint density at radius 3 is 0.972 bits per heavy atom. The molecule has 378 valence electrons. The summed E-state index contributed by atoms with van der Waals surface area (Å²) in [6, 6.07) is 28.7. The molecule has 3 aromatic heterocycles. The summed E-state index contributed by atoms with van der Waals surface area (Å²) in [5.41, 5.74) is 6.14. The quantitative estimate of drug-likeness (QED) is 0.0613. The molecule has 72 heavy (non-hydrogen) atoms. The predicted octanol–water partition coefficient (Wildman–Crippen LogP) is 16.9. The molecule has 10 nitrogen and oxygen atoms in total. The van der Waals surface area contributed by atoms with E-state index in [4.69, 9.17) is 39.4 Å². The van der Waals surface area contributed by atoms with E-state index in [-0.39, 0.29) is 0 Å². The summed E-state index contributed by atoms with van der Waals surface area (Å²) in [5, 5.41) is 3.74. The van der Waals surface area contributed by atoms with E-state index in [1.54, 1.807) is 0 Å². The minimum absolute atomic E-state index is 0.536. The van der Waals surface area contributed by atoms with Crippen LogP contribution in [0.25, 0.3) is 89.7 Å². The van der Waals surface area contributed by atoms with Crippen LogP contribution in [0.15, 0.2) is 84.9 Å². The molecular formula is C62H78N8O2. The summed E-state index contributed by atoms with van der Waals surface area (Å²) < 4.78 is 13.6. The highest BCUT2D eigenvalue weighted by molar-refractivity contribution is 6.06. The number of aromatic nitrogens is 8. The van der Waals surface area contributed by atoms with Crippen LogP contribution in [-0.2, 0) is 0 Å². The molecular weight excluding hydrogens is 889 g/mol. The molecule has 2 aliphatic heterocycles. The van der Waals surface area contributed by atoms with Crippen LogP contribution in [-0.4, -0.2) is 53.1 Å². The van der Waals surface area contributed by atoms with Crippen molar-refractivity contribution in [2.24, 2.45) is 35.5 Å². The van der Waals surface area contributed by atoms with E-state index in [2.05, 4.69) is 102 Å². The molecule has 5 heterocycles. The highest BCUT2D eigenvalue weighted by Gasteiger charge is 2.26. The monoisotopic (exact) mass is 967 g/mol. The maximum atomic E-state index is 6.81. The first-order chi connectivity index (χ1) is 35.0. The van der Waals surface area contributed by atoms with Gasteiger partial charge in [-0.2, -0.15) is 0 Å². The molecule has 0 saturated carbocycles. The first-order valence-electron chi connectivity index (χ1n) is 27.5. The third-order valence-electron chi connectivity index (χ3n) is 15.1. The number of ether oxygens (including phenoxy) is 2. The van der Waals surface area contributed by atoms with Gasteiger partial charge in [-0.1, -0.05) is 205 Å². The highest BCUT2D eigenvalue weighted by atomic mass is 16.5. The zero-order chi connectivity index (χ0) is 50.1. The van der Waals surface area contributed by atoms with Crippen molar-refractivity contribution >= 4 is 44.1 Å². The van der Waals surface area contributed by atoms with E-state index < -0.39 is 0 Å². The second kappa shape index (κ2) is 23.6. The molecule has 0 aliphatic carbocycles. The van der Waals surface area contributed by atoms with Crippen molar-refractivity contribution in [3.05, 3.63) is 84.9 Å². The lowest BCUT2D eigenvalue weighted by Gasteiger charge is -2.18. The Bertz CT molecular complexity index is 2910. The van der Waals surface area contributed by atoms with Gasteiger partial charge in [-0.3, -0.25) is 0 Å². The van der Waals surface area contributed by atoms with Gasteiger partial charge in [0.2, 0.25) is 0 Å². The third-order valence-corrected chi connectivity index (χ3v) is 15.1. The highest BCUT2D eigenvalue weighted by Crippen LogP contribution is 2.43. The smallest absolute Gasteiger partial charge is 0.164 e. The summed E-state index contributed by atoms with van der Waals surface area (Å²) in [5.74, 6) is 7.88. The molecule has 0 radical (unpaired) electrons. The molecule has 0 fully saturated rings. The van der Waals surface area contributed by atoms with Crippen LogP contribution in [0, 0.1) is 35.5 Å². The zero-order valence-electron chi connectivity index (χ0n) is 44.4. The van der Waals surface area contributed by atoms with Crippen LogP contribution >= 0.6 is 0 Å². The van der Waals surface area contributed by atoms with Crippen molar-refractivity contribution in [1.82, 2.24) is 39.9 Å². The number of hydrogen-bond acceptors (Lipinski definition) is 8. The molecule has 4 unspecified atom stereocenters. The molecule has 0 saturated heterocycles. The lowest BCUT2D eigenvalue weighted by atomic mass is 9.93. The molecule has 0 spiro atoms. The Kier molecular flexibility index (Phi) is 16.6. The molecule has 4 atom stereocenters. The molecule has 4 aromatic carbocycles. The normalized spacial score (nSPS) is 13.9. The Morgan fingerprint density at radius 2 is 0.639 bits per heavy atom. The van der Waals surface area contributed by atoms with Crippen molar-refractivity contribution in [3.8, 4) is 57.1 Å². The van der Waals surface area contributed by atoms with E-state index in [0.29, 0.717) is 82.4 Å². The van der Waals surface area contributed by atoms with Gasteiger partial charge in [0, 0.05) is 43.8 Å². The molecule has 7 aromatic rings. The molecule has 2 aliphatic rings. The van der Waals surface area contributed by atoms with E-state index in [1.807, 2.05) is 48.5 Å². The lowest BCUT2D eigenvalue weighted by molar-refractivity contribution is 0.237. The first-order valence-corrected chi connectivity index (χ1v) is 27.5. The average Bonchev–Trinajstić information content (AvgIpc) is 4.09.